The maximum absolute atomic E-state index is 6.00. The maximum atomic E-state index is 6.00. The van der Waals surface area contributed by atoms with Gasteiger partial charge in [-0.3, -0.25) is 0 Å². The third-order valence-corrected chi connectivity index (χ3v) is 8.05. The predicted octanol–water partition coefficient (Wildman–Crippen LogP) is 3.80. The molecule has 30 heavy (non-hydrogen) atoms. The SMILES string of the molecule is COCCOc1ccccc1C1CCN(C2CCC3(C2)CN(c2nncs2)C3)CC1. The van der Waals surface area contributed by atoms with Crippen molar-refractivity contribution in [3.05, 3.63) is 35.3 Å². The van der Waals surface area contributed by atoms with Crippen LogP contribution in [-0.4, -0.2) is 67.6 Å². The van der Waals surface area contributed by atoms with Gasteiger partial charge in [-0.15, -0.1) is 10.2 Å². The zero-order valence-corrected chi connectivity index (χ0v) is 18.6. The zero-order chi connectivity index (χ0) is 20.4. The van der Waals surface area contributed by atoms with Crippen molar-refractivity contribution < 1.29 is 9.47 Å². The van der Waals surface area contributed by atoms with Crippen molar-refractivity contribution >= 4 is 16.5 Å². The lowest BCUT2D eigenvalue weighted by Crippen LogP contribution is -2.56. The lowest BCUT2D eigenvalue weighted by atomic mass is 9.78. The third-order valence-electron chi connectivity index (χ3n) is 7.30. The largest absolute Gasteiger partial charge is 0.491 e. The van der Waals surface area contributed by atoms with Gasteiger partial charge in [0.1, 0.15) is 17.9 Å². The summed E-state index contributed by atoms with van der Waals surface area (Å²) >= 11 is 1.66. The van der Waals surface area contributed by atoms with E-state index in [1.165, 1.54) is 63.8 Å². The normalized spacial score (nSPS) is 24.3. The van der Waals surface area contributed by atoms with Crippen LogP contribution >= 0.6 is 11.3 Å². The van der Waals surface area contributed by atoms with Crippen LogP contribution in [0.4, 0.5) is 5.13 Å². The summed E-state index contributed by atoms with van der Waals surface area (Å²) in [6, 6.07) is 9.34. The molecule has 162 valence electrons. The first-order valence-corrected chi connectivity index (χ1v) is 12.1. The molecule has 2 aromatic rings. The molecule has 1 spiro atoms. The molecule has 3 heterocycles. The average molecular weight is 429 g/mol. The summed E-state index contributed by atoms with van der Waals surface area (Å²) in [5.41, 5.74) is 3.74. The molecule has 3 fully saturated rings. The Hall–Kier alpha value is -1.70. The number of rotatable bonds is 7. The van der Waals surface area contributed by atoms with Crippen LogP contribution in [0.1, 0.15) is 43.6 Å². The highest BCUT2D eigenvalue weighted by Gasteiger charge is 2.50. The van der Waals surface area contributed by atoms with E-state index >= 15 is 0 Å². The van der Waals surface area contributed by atoms with Gasteiger partial charge in [0.05, 0.1) is 6.61 Å². The molecule has 1 aliphatic carbocycles. The van der Waals surface area contributed by atoms with Gasteiger partial charge in [0, 0.05) is 31.7 Å². The summed E-state index contributed by atoms with van der Waals surface area (Å²) in [5, 5.41) is 9.32. The molecule has 1 aromatic heterocycles. The molecule has 6 nitrogen and oxygen atoms in total. The van der Waals surface area contributed by atoms with Gasteiger partial charge in [-0.1, -0.05) is 29.5 Å². The Morgan fingerprint density at radius 3 is 2.73 bits per heavy atom. The number of hydrogen-bond donors (Lipinski definition) is 0. The van der Waals surface area contributed by atoms with Crippen LogP contribution in [-0.2, 0) is 4.74 Å². The molecule has 2 aliphatic heterocycles. The van der Waals surface area contributed by atoms with Gasteiger partial charge >= 0.3 is 0 Å². The molecule has 1 unspecified atom stereocenters. The van der Waals surface area contributed by atoms with E-state index in [1.54, 1.807) is 18.4 Å². The summed E-state index contributed by atoms with van der Waals surface area (Å²) in [6.45, 7) is 6.00. The number of benzene rings is 1. The van der Waals surface area contributed by atoms with Crippen LogP contribution < -0.4 is 9.64 Å². The Balaban J connectivity index is 1.13. The molecule has 0 amide bonds. The van der Waals surface area contributed by atoms with Crippen molar-refractivity contribution in [2.75, 3.05) is 51.4 Å². The number of hydrogen-bond acceptors (Lipinski definition) is 7. The highest BCUT2D eigenvalue weighted by molar-refractivity contribution is 7.13. The molecule has 0 bridgehead atoms. The summed E-state index contributed by atoms with van der Waals surface area (Å²) in [4.78, 5) is 5.18. The van der Waals surface area contributed by atoms with Crippen molar-refractivity contribution in [1.29, 1.82) is 0 Å². The van der Waals surface area contributed by atoms with Crippen molar-refractivity contribution in [3.8, 4) is 5.75 Å². The Labute approximate surface area is 183 Å². The van der Waals surface area contributed by atoms with Crippen LogP contribution in [0.2, 0.25) is 0 Å². The second kappa shape index (κ2) is 8.81. The summed E-state index contributed by atoms with van der Waals surface area (Å²) < 4.78 is 11.1. The maximum Gasteiger partial charge on any atom is 0.208 e. The van der Waals surface area contributed by atoms with Crippen molar-refractivity contribution in [3.63, 3.8) is 0 Å². The summed E-state index contributed by atoms with van der Waals surface area (Å²) in [6.07, 6.45) is 6.52. The van der Waals surface area contributed by atoms with E-state index in [9.17, 15) is 0 Å². The summed E-state index contributed by atoms with van der Waals surface area (Å²) in [5.74, 6) is 1.64. The number of aromatic nitrogens is 2. The number of piperidine rings is 1. The van der Waals surface area contributed by atoms with Crippen LogP contribution in [0.5, 0.6) is 5.75 Å². The molecule has 7 heteroatoms. The van der Waals surface area contributed by atoms with Crippen LogP contribution in [0.25, 0.3) is 0 Å². The third kappa shape index (κ3) is 4.07. The Kier molecular flexibility index (Phi) is 5.94. The fourth-order valence-electron chi connectivity index (χ4n) is 5.74. The quantitative estimate of drug-likeness (QED) is 0.625. The van der Waals surface area contributed by atoms with Crippen LogP contribution in [0.3, 0.4) is 0 Å². The molecule has 1 saturated carbocycles. The number of likely N-dealkylation sites (tertiary alicyclic amines) is 1. The van der Waals surface area contributed by atoms with E-state index in [0.717, 1.165) is 16.9 Å². The molecule has 1 aromatic carbocycles. The molecule has 3 aliphatic rings. The molecule has 2 saturated heterocycles. The summed E-state index contributed by atoms with van der Waals surface area (Å²) in [7, 11) is 1.72. The lowest BCUT2D eigenvalue weighted by Gasteiger charge is -2.48. The fraction of sp³-hybridized carbons (Fsp3) is 0.652. The number of anilines is 1. The second-order valence-electron chi connectivity index (χ2n) is 9.16. The Bertz CT molecular complexity index is 816. The van der Waals surface area contributed by atoms with E-state index < -0.39 is 0 Å². The number of nitrogens with zero attached hydrogens (tertiary/aromatic N) is 4. The molecule has 5 rings (SSSR count). The monoisotopic (exact) mass is 428 g/mol. The van der Waals surface area contributed by atoms with E-state index in [2.05, 4.69) is 44.3 Å². The van der Waals surface area contributed by atoms with E-state index in [1.807, 2.05) is 5.51 Å². The van der Waals surface area contributed by atoms with Gasteiger partial charge in [-0.2, -0.15) is 0 Å². The first-order valence-electron chi connectivity index (χ1n) is 11.2. The first-order chi connectivity index (χ1) is 14.8. The van der Waals surface area contributed by atoms with Gasteiger partial charge in [-0.25, -0.2) is 0 Å². The van der Waals surface area contributed by atoms with Crippen LogP contribution in [0.15, 0.2) is 29.8 Å². The highest BCUT2D eigenvalue weighted by atomic mass is 32.1. The number of methoxy groups -OCH3 is 1. The minimum Gasteiger partial charge on any atom is -0.491 e. The standard InChI is InChI=1S/C23H32N4O2S/c1-28-12-13-29-21-5-3-2-4-20(21)18-7-10-26(11-8-18)19-6-9-23(14-19)15-27(16-23)22-25-24-17-30-22/h2-5,17-19H,6-16H2,1H3. The van der Waals surface area contributed by atoms with Gasteiger partial charge in [-0.05, 0) is 62.7 Å². The minimum absolute atomic E-state index is 0.523. The van der Waals surface area contributed by atoms with Gasteiger partial charge < -0.3 is 19.3 Å². The van der Waals surface area contributed by atoms with Crippen molar-refractivity contribution in [2.24, 2.45) is 5.41 Å². The second-order valence-corrected chi connectivity index (χ2v) is 9.97. The molecule has 1 atom stereocenters. The van der Waals surface area contributed by atoms with E-state index in [4.69, 9.17) is 9.47 Å². The smallest absolute Gasteiger partial charge is 0.208 e. The van der Waals surface area contributed by atoms with Crippen molar-refractivity contribution in [2.45, 2.75) is 44.1 Å². The first kappa shape index (κ1) is 20.2. The van der Waals surface area contributed by atoms with Gasteiger partial charge in [0.2, 0.25) is 5.13 Å². The fourth-order valence-corrected chi connectivity index (χ4v) is 6.30. The Morgan fingerprint density at radius 1 is 1.13 bits per heavy atom. The molecule has 0 radical (unpaired) electrons. The molecular formula is C23H32N4O2S. The molecule has 0 N–H and O–H groups in total. The van der Waals surface area contributed by atoms with Gasteiger partial charge in [0.15, 0.2) is 0 Å². The Morgan fingerprint density at radius 2 is 1.97 bits per heavy atom. The van der Waals surface area contributed by atoms with Gasteiger partial charge in [0.25, 0.3) is 0 Å². The predicted molar refractivity (Wildman–Crippen MR) is 120 cm³/mol. The topological polar surface area (TPSA) is 50.7 Å². The highest BCUT2D eigenvalue weighted by Crippen LogP contribution is 2.49. The average Bonchev–Trinajstić information content (AvgIpc) is 3.44. The molecular weight excluding hydrogens is 396 g/mol. The van der Waals surface area contributed by atoms with Crippen LogP contribution in [0, 0.1) is 5.41 Å². The lowest BCUT2D eigenvalue weighted by molar-refractivity contribution is 0.129. The minimum atomic E-state index is 0.523. The van der Waals surface area contributed by atoms with Crippen molar-refractivity contribution in [1.82, 2.24) is 15.1 Å². The number of ether oxygens (including phenoxy) is 2. The van der Waals surface area contributed by atoms with E-state index in [0.29, 0.717) is 24.5 Å². The zero-order valence-electron chi connectivity index (χ0n) is 17.8. The van der Waals surface area contributed by atoms with E-state index in [-0.39, 0.29) is 0 Å². The number of para-hydroxylation sites is 1.